The minimum Gasteiger partial charge on any atom is -0.365 e. The Balaban J connectivity index is 2.16. The van der Waals surface area contributed by atoms with Crippen LogP contribution in [-0.2, 0) is 0 Å². The van der Waals surface area contributed by atoms with E-state index in [9.17, 15) is 0 Å². The molecule has 0 bridgehead atoms. The molecule has 1 heterocycles. The molecule has 0 saturated carbocycles. The summed E-state index contributed by atoms with van der Waals surface area (Å²) in [6.45, 7) is 9.13. The van der Waals surface area contributed by atoms with Gasteiger partial charge in [-0.25, -0.2) is 0 Å². The summed E-state index contributed by atoms with van der Waals surface area (Å²) < 4.78 is 0. The number of hydrogen-bond acceptors (Lipinski definition) is 3. The van der Waals surface area contributed by atoms with E-state index in [0.29, 0.717) is 12.1 Å². The van der Waals surface area contributed by atoms with Crippen molar-refractivity contribution < 1.29 is 0 Å². The highest BCUT2D eigenvalue weighted by Gasteiger charge is 2.26. The second-order valence-electron chi connectivity index (χ2n) is 5.91. The molecule has 19 heavy (non-hydrogen) atoms. The highest BCUT2D eigenvalue weighted by molar-refractivity contribution is 7.98. The second kappa shape index (κ2) is 6.67. The minimum atomic E-state index is 0.566. The van der Waals surface area contributed by atoms with Crippen LogP contribution in [0.15, 0.2) is 29.2 Å². The zero-order valence-corrected chi connectivity index (χ0v) is 13.3. The van der Waals surface area contributed by atoms with Gasteiger partial charge in [0, 0.05) is 30.1 Å². The summed E-state index contributed by atoms with van der Waals surface area (Å²) in [6, 6.07) is 9.96. The van der Waals surface area contributed by atoms with Crippen LogP contribution in [0.5, 0.6) is 0 Å². The molecule has 1 aliphatic heterocycles. The van der Waals surface area contributed by atoms with Gasteiger partial charge in [-0.3, -0.25) is 0 Å². The van der Waals surface area contributed by atoms with E-state index >= 15 is 0 Å². The van der Waals surface area contributed by atoms with E-state index in [1.807, 2.05) is 11.8 Å². The van der Waals surface area contributed by atoms with E-state index in [2.05, 4.69) is 61.5 Å². The maximum Gasteiger partial charge on any atom is 0.0507 e. The lowest BCUT2D eigenvalue weighted by Gasteiger charge is -2.41. The van der Waals surface area contributed by atoms with Gasteiger partial charge in [0.1, 0.15) is 0 Å². The Kier molecular flexibility index (Phi) is 5.17. The molecule has 1 aromatic rings. The van der Waals surface area contributed by atoms with Gasteiger partial charge in [0.15, 0.2) is 0 Å². The lowest BCUT2D eigenvalue weighted by Crippen LogP contribution is -2.56. The molecule has 0 spiro atoms. The van der Waals surface area contributed by atoms with E-state index in [1.165, 1.54) is 17.0 Å². The Morgan fingerprint density at radius 3 is 2.79 bits per heavy atom. The Morgan fingerprint density at radius 1 is 1.37 bits per heavy atom. The predicted octanol–water partition coefficient (Wildman–Crippen LogP) is 3.62. The third-order valence-corrected chi connectivity index (χ3v) is 4.59. The van der Waals surface area contributed by atoms with Crippen molar-refractivity contribution in [2.75, 3.05) is 24.2 Å². The predicted molar refractivity (Wildman–Crippen MR) is 86.3 cm³/mol. The van der Waals surface area contributed by atoms with Gasteiger partial charge in [-0.2, -0.15) is 0 Å². The summed E-state index contributed by atoms with van der Waals surface area (Å²) in [5.74, 6) is 0.753. The van der Waals surface area contributed by atoms with Crippen LogP contribution in [0.25, 0.3) is 0 Å². The second-order valence-corrected chi connectivity index (χ2v) is 6.76. The zero-order chi connectivity index (χ0) is 13.8. The number of hydrogen-bond donors (Lipinski definition) is 1. The number of nitrogens with zero attached hydrogens (tertiary/aromatic N) is 1. The fraction of sp³-hybridized carbons (Fsp3) is 0.625. The van der Waals surface area contributed by atoms with Crippen LogP contribution >= 0.6 is 11.8 Å². The first-order valence-electron chi connectivity index (χ1n) is 7.25. The Hall–Kier alpha value is -0.670. The highest BCUT2D eigenvalue weighted by Crippen LogP contribution is 2.31. The Labute approximate surface area is 122 Å². The van der Waals surface area contributed by atoms with Gasteiger partial charge < -0.3 is 10.2 Å². The van der Waals surface area contributed by atoms with E-state index < -0.39 is 0 Å². The molecule has 2 rings (SSSR count). The molecular formula is C16H26N2S. The molecule has 0 amide bonds. The normalized spacial score (nSPS) is 23.9. The van der Waals surface area contributed by atoms with Crippen molar-refractivity contribution in [2.45, 2.75) is 44.2 Å². The first-order chi connectivity index (χ1) is 9.11. The molecule has 1 aliphatic rings. The molecular weight excluding hydrogens is 252 g/mol. The summed E-state index contributed by atoms with van der Waals surface area (Å²) in [5.41, 5.74) is 1.40. The molecule has 3 heteroatoms. The molecule has 1 aromatic carbocycles. The molecule has 1 saturated heterocycles. The van der Waals surface area contributed by atoms with Gasteiger partial charge in [0.05, 0.1) is 5.69 Å². The molecule has 0 aromatic heterocycles. The molecule has 0 aliphatic carbocycles. The van der Waals surface area contributed by atoms with Crippen molar-refractivity contribution in [2.24, 2.45) is 5.92 Å². The SMILES string of the molecule is CSc1ccccc1N1CC(CC(C)C)NCC1C. The van der Waals surface area contributed by atoms with Crippen LogP contribution in [0.2, 0.25) is 0 Å². The number of piperazine rings is 1. The van der Waals surface area contributed by atoms with Gasteiger partial charge in [-0.15, -0.1) is 11.8 Å². The van der Waals surface area contributed by atoms with Crippen molar-refractivity contribution in [3.8, 4) is 0 Å². The smallest absolute Gasteiger partial charge is 0.0507 e. The van der Waals surface area contributed by atoms with Gasteiger partial charge in [-0.1, -0.05) is 26.0 Å². The number of thioether (sulfide) groups is 1. The maximum absolute atomic E-state index is 3.69. The van der Waals surface area contributed by atoms with Crippen LogP contribution in [0.1, 0.15) is 27.2 Å². The fourth-order valence-corrected chi connectivity index (χ4v) is 3.47. The monoisotopic (exact) mass is 278 g/mol. The quantitative estimate of drug-likeness (QED) is 0.847. The summed E-state index contributed by atoms with van der Waals surface area (Å²) in [5, 5.41) is 3.69. The van der Waals surface area contributed by atoms with Crippen LogP contribution < -0.4 is 10.2 Å². The first-order valence-corrected chi connectivity index (χ1v) is 8.47. The molecule has 2 unspecified atom stereocenters. The maximum atomic E-state index is 3.69. The lowest BCUT2D eigenvalue weighted by molar-refractivity contribution is 0.355. The largest absolute Gasteiger partial charge is 0.365 e. The number of rotatable bonds is 4. The summed E-state index contributed by atoms with van der Waals surface area (Å²) in [6.07, 6.45) is 3.42. The van der Waals surface area contributed by atoms with E-state index in [0.717, 1.165) is 19.0 Å². The zero-order valence-electron chi connectivity index (χ0n) is 12.5. The number of nitrogens with one attached hydrogen (secondary N) is 1. The summed E-state index contributed by atoms with van der Waals surface area (Å²) >= 11 is 1.84. The third-order valence-electron chi connectivity index (χ3n) is 3.80. The molecule has 2 nitrogen and oxygen atoms in total. The molecule has 1 N–H and O–H groups in total. The standard InChI is InChI=1S/C16H26N2S/c1-12(2)9-14-11-18(13(3)10-17-14)15-7-5-6-8-16(15)19-4/h5-8,12-14,17H,9-11H2,1-4H3. The Morgan fingerprint density at radius 2 is 2.11 bits per heavy atom. The summed E-state index contributed by atoms with van der Waals surface area (Å²) in [7, 11) is 0. The minimum absolute atomic E-state index is 0.566. The summed E-state index contributed by atoms with van der Waals surface area (Å²) in [4.78, 5) is 3.97. The third kappa shape index (κ3) is 3.67. The van der Waals surface area contributed by atoms with Gasteiger partial charge in [-0.05, 0) is 37.7 Å². The van der Waals surface area contributed by atoms with E-state index in [1.54, 1.807) is 0 Å². The number of para-hydroxylation sites is 1. The van der Waals surface area contributed by atoms with Crippen LogP contribution in [-0.4, -0.2) is 31.4 Å². The van der Waals surface area contributed by atoms with Crippen molar-refractivity contribution in [3.05, 3.63) is 24.3 Å². The molecule has 1 fully saturated rings. The lowest BCUT2D eigenvalue weighted by atomic mass is 9.99. The fourth-order valence-electron chi connectivity index (χ4n) is 2.86. The van der Waals surface area contributed by atoms with Gasteiger partial charge >= 0.3 is 0 Å². The van der Waals surface area contributed by atoms with Gasteiger partial charge in [0.2, 0.25) is 0 Å². The van der Waals surface area contributed by atoms with Crippen molar-refractivity contribution in [1.82, 2.24) is 5.32 Å². The van der Waals surface area contributed by atoms with E-state index in [-0.39, 0.29) is 0 Å². The van der Waals surface area contributed by atoms with Gasteiger partial charge in [0.25, 0.3) is 0 Å². The van der Waals surface area contributed by atoms with Crippen LogP contribution in [0.3, 0.4) is 0 Å². The van der Waals surface area contributed by atoms with Crippen molar-refractivity contribution >= 4 is 17.4 Å². The number of benzene rings is 1. The van der Waals surface area contributed by atoms with Crippen molar-refractivity contribution in [1.29, 1.82) is 0 Å². The highest BCUT2D eigenvalue weighted by atomic mass is 32.2. The average Bonchev–Trinajstić information content (AvgIpc) is 2.40. The Bertz CT molecular complexity index is 405. The van der Waals surface area contributed by atoms with E-state index in [4.69, 9.17) is 0 Å². The topological polar surface area (TPSA) is 15.3 Å². The molecule has 2 atom stereocenters. The average molecular weight is 278 g/mol. The molecule has 0 radical (unpaired) electrons. The van der Waals surface area contributed by atoms with Crippen molar-refractivity contribution in [3.63, 3.8) is 0 Å². The van der Waals surface area contributed by atoms with Crippen LogP contribution in [0.4, 0.5) is 5.69 Å². The first kappa shape index (κ1) is 14.7. The number of anilines is 1. The van der Waals surface area contributed by atoms with Crippen LogP contribution in [0, 0.1) is 5.92 Å². The molecule has 106 valence electrons.